The molecule has 6 N–H and O–H groups in total. The number of oxime groups is 2. The molecule has 2 aliphatic heterocycles. The molecule has 0 bridgehead atoms. The molecule has 0 aliphatic carbocycles. The number of carbonyl (C=O) groups is 4. The molecule has 22 nitrogen and oxygen atoms in total. The summed E-state index contributed by atoms with van der Waals surface area (Å²) in [4.78, 5) is 89.6. The van der Waals surface area contributed by atoms with Crippen molar-refractivity contribution in [2.24, 2.45) is 21.1 Å². The van der Waals surface area contributed by atoms with Gasteiger partial charge in [-0.15, -0.1) is 0 Å². The number of anilines is 4. The Morgan fingerprint density at radius 2 is 0.934 bits per heavy atom. The molecule has 8 rings (SSSR count). The van der Waals surface area contributed by atoms with Crippen LogP contribution in [-0.2, 0) is 19.3 Å². The molecule has 0 atom stereocenters. The average Bonchev–Trinajstić information content (AvgIpc) is 4.04. The second-order valence-corrected chi connectivity index (χ2v) is 20.3. The van der Waals surface area contributed by atoms with Crippen LogP contribution in [0.2, 0.25) is 0 Å². The van der Waals surface area contributed by atoms with Crippen LogP contribution in [0.5, 0.6) is 0 Å². The second kappa shape index (κ2) is 25.3. The molecule has 6 aromatic rings. The van der Waals surface area contributed by atoms with Crippen LogP contribution < -0.4 is 31.1 Å². The Labute approximate surface area is 448 Å². The predicted molar refractivity (Wildman–Crippen MR) is 298 cm³/mol. The maximum absolute atomic E-state index is 12.1. The zero-order valence-corrected chi connectivity index (χ0v) is 45.8. The Bertz CT molecular complexity index is 2870. The fourth-order valence-corrected chi connectivity index (χ4v) is 11.3. The van der Waals surface area contributed by atoms with Crippen molar-refractivity contribution in [3.05, 3.63) is 60.2 Å². The Kier molecular flexibility index (Phi) is 18.7. The van der Waals surface area contributed by atoms with E-state index in [-0.39, 0.29) is 12.1 Å². The number of nitrogens with zero attached hydrogens (tertiary/aromatic N) is 10. The highest BCUT2D eigenvalue weighted by Crippen LogP contribution is 2.40. The van der Waals surface area contributed by atoms with Gasteiger partial charge in [0.15, 0.2) is 10.3 Å². The van der Waals surface area contributed by atoms with Gasteiger partial charge in [-0.2, -0.15) is 0 Å². The molecule has 2 aliphatic rings. The monoisotopic (exact) mass is 1080 g/mol. The lowest BCUT2D eigenvalue weighted by Gasteiger charge is -2.38. The predicted octanol–water partition coefficient (Wildman–Crippen LogP) is 9.47. The molecule has 6 heterocycles. The zero-order chi connectivity index (χ0) is 54.6. The molecule has 404 valence electrons. The minimum Gasteiger partial charge on any atom is -0.481 e. The number of rotatable bonds is 18. The van der Waals surface area contributed by atoms with Gasteiger partial charge in [0.2, 0.25) is 11.9 Å². The van der Waals surface area contributed by atoms with Gasteiger partial charge in [0.05, 0.1) is 42.7 Å². The number of thiazole rings is 2. The molecule has 76 heavy (non-hydrogen) atoms. The lowest BCUT2D eigenvalue weighted by atomic mass is 9.76. The number of aliphatic carboxylic acids is 2. The number of hydrogen-bond donors (Lipinski definition) is 6. The van der Waals surface area contributed by atoms with E-state index in [1.54, 1.807) is 24.8 Å². The molecule has 0 saturated carbocycles. The van der Waals surface area contributed by atoms with E-state index in [9.17, 15) is 29.4 Å². The minimum atomic E-state index is -0.725. The van der Waals surface area contributed by atoms with Gasteiger partial charge >= 0.3 is 24.0 Å². The highest BCUT2D eigenvalue weighted by Gasteiger charge is 2.41. The molecule has 2 saturated heterocycles. The van der Waals surface area contributed by atoms with Crippen LogP contribution in [0.4, 0.5) is 31.7 Å². The number of amides is 4. The van der Waals surface area contributed by atoms with Gasteiger partial charge in [0.25, 0.3) is 0 Å². The van der Waals surface area contributed by atoms with Gasteiger partial charge in [0.1, 0.15) is 14.2 Å². The first-order valence-electron chi connectivity index (χ1n) is 25.5. The summed E-state index contributed by atoms with van der Waals surface area (Å²) in [5, 5.41) is 39.8. The summed E-state index contributed by atoms with van der Waals surface area (Å²) >= 11 is 2.75. The lowest BCUT2D eigenvalue weighted by Crippen LogP contribution is -2.44. The lowest BCUT2D eigenvalue weighted by molar-refractivity contribution is -0.151. The Hall–Kier alpha value is -7.60. The van der Waals surface area contributed by atoms with Crippen LogP contribution in [-0.4, -0.2) is 129 Å². The van der Waals surface area contributed by atoms with Crippen LogP contribution in [0.3, 0.4) is 0 Å². The van der Waals surface area contributed by atoms with Crippen molar-refractivity contribution in [2.75, 3.05) is 73.9 Å². The van der Waals surface area contributed by atoms with Crippen LogP contribution in [0.1, 0.15) is 104 Å². The van der Waals surface area contributed by atoms with Gasteiger partial charge in [-0.25, -0.2) is 39.5 Å². The number of benzene rings is 2. The van der Waals surface area contributed by atoms with Gasteiger partial charge in [-0.3, -0.25) is 20.2 Å². The number of hydrogen-bond acceptors (Lipinski definition) is 18. The van der Waals surface area contributed by atoms with E-state index in [0.717, 1.165) is 65.2 Å². The van der Waals surface area contributed by atoms with Crippen molar-refractivity contribution in [1.29, 1.82) is 0 Å². The Morgan fingerprint density at radius 1 is 0.579 bits per heavy atom. The highest BCUT2D eigenvalue weighted by atomic mass is 32.1. The smallest absolute Gasteiger partial charge is 0.321 e. The number of piperidine rings is 2. The molecular formula is C52H66N14O8S2. The van der Waals surface area contributed by atoms with Crippen molar-refractivity contribution < 1.29 is 39.1 Å². The third-order valence-electron chi connectivity index (χ3n) is 14.0. The average molecular weight is 1080 g/mol. The van der Waals surface area contributed by atoms with Gasteiger partial charge < -0.3 is 40.3 Å². The van der Waals surface area contributed by atoms with E-state index in [1.165, 1.54) is 36.9 Å². The highest BCUT2D eigenvalue weighted by molar-refractivity contribution is 7.23. The number of carbonyl (C=O) groups excluding carboxylic acids is 2. The number of nitrogens with one attached hydrogen (secondary N) is 4. The Morgan fingerprint density at radius 3 is 1.22 bits per heavy atom. The number of urea groups is 2. The van der Waals surface area contributed by atoms with Crippen LogP contribution >= 0.6 is 22.7 Å². The van der Waals surface area contributed by atoms with Gasteiger partial charge in [-0.1, -0.05) is 60.7 Å². The van der Waals surface area contributed by atoms with Crippen molar-refractivity contribution >= 4 is 101 Å². The second-order valence-electron chi connectivity index (χ2n) is 18.3. The van der Waals surface area contributed by atoms with E-state index in [4.69, 9.17) is 9.68 Å². The summed E-state index contributed by atoms with van der Waals surface area (Å²) in [5.41, 5.74) is 6.70. The summed E-state index contributed by atoms with van der Waals surface area (Å²) in [7, 11) is 3.03. The molecule has 24 heteroatoms. The summed E-state index contributed by atoms with van der Waals surface area (Å²) in [6, 6.07) is 7.30. The quantitative estimate of drug-likeness (QED) is 0.0345. The van der Waals surface area contributed by atoms with E-state index < -0.39 is 22.8 Å². The van der Waals surface area contributed by atoms with Crippen molar-refractivity contribution in [3.63, 3.8) is 0 Å². The first-order chi connectivity index (χ1) is 36.7. The van der Waals surface area contributed by atoms with E-state index in [0.29, 0.717) is 113 Å². The van der Waals surface area contributed by atoms with Crippen LogP contribution in [0.15, 0.2) is 59.4 Å². The third-order valence-corrected chi connectivity index (χ3v) is 16.0. The molecule has 0 spiro atoms. The normalized spacial score (nSPS) is 15.4. The molecule has 4 amide bonds. The van der Waals surface area contributed by atoms with Crippen molar-refractivity contribution in [2.45, 2.75) is 92.9 Å². The maximum Gasteiger partial charge on any atom is 0.321 e. The van der Waals surface area contributed by atoms with Crippen LogP contribution in [0.25, 0.3) is 42.7 Å². The summed E-state index contributed by atoms with van der Waals surface area (Å²) in [6.07, 6.45) is 11.9. The van der Waals surface area contributed by atoms with Crippen LogP contribution in [0, 0.1) is 10.8 Å². The summed E-state index contributed by atoms with van der Waals surface area (Å²) in [6.45, 7) is 15.0. The van der Waals surface area contributed by atoms with Gasteiger partial charge in [-0.05, 0) is 101 Å². The van der Waals surface area contributed by atoms with Gasteiger partial charge in [0, 0.05) is 86.3 Å². The maximum atomic E-state index is 12.1. The van der Waals surface area contributed by atoms with Crippen molar-refractivity contribution in [1.82, 2.24) is 40.5 Å². The van der Waals surface area contributed by atoms with Crippen molar-refractivity contribution in [3.8, 4) is 22.3 Å². The fourth-order valence-electron chi connectivity index (χ4n) is 9.34. The van der Waals surface area contributed by atoms with E-state index in [2.05, 4.69) is 61.5 Å². The molecule has 2 aromatic carbocycles. The molecular weight excluding hydrogens is 1010 g/mol. The minimum absolute atomic E-state index is 0.309. The molecule has 0 radical (unpaired) electrons. The fraction of sp³-hybridized carbons (Fsp3) is 0.462. The first-order valence-corrected chi connectivity index (χ1v) is 27.1. The topological polar surface area (TPSA) is 284 Å². The number of carboxylic acid groups (broad SMARTS) is 2. The third kappa shape index (κ3) is 12.6. The summed E-state index contributed by atoms with van der Waals surface area (Å²) in [5.74, 6) is -0.279. The largest absolute Gasteiger partial charge is 0.481 e. The summed E-state index contributed by atoms with van der Waals surface area (Å²) < 4.78 is 1.78. The zero-order valence-electron chi connectivity index (χ0n) is 44.2. The Balaban J connectivity index is 0.000000221. The standard InChI is InChI=1S/2C26H33N7O4S/c2*1-5-19(32-37-4)18-12-16(13-20-21(18)38-25(30-20)31-24(36)27-7-3)17-14-28-23(29-15-17)33-10-8-26(6-2,9-11-33)22(34)35/h2*12-15H,5-11H2,1-4H3,(H,34,35)(H2,27,30,31,36)/b32-19+;32-19-. The number of aromatic nitrogens is 6. The molecule has 4 aromatic heterocycles. The number of fused-ring (bicyclic) bond motifs is 2. The molecule has 0 unspecified atom stereocenters. The number of carboxylic acids is 2. The van der Waals surface area contributed by atoms with E-state index in [1.807, 2.05) is 75.6 Å². The van der Waals surface area contributed by atoms with E-state index >= 15 is 0 Å². The molecule has 2 fully saturated rings. The first kappa shape index (κ1) is 56.1. The SMILES string of the molecule is CCNC(=O)Nc1nc2cc(-c3cnc(N4CCC(CC)(C(=O)O)CC4)nc3)cc(/C(CC)=N/OC)c2s1.CCNC(=O)Nc1nc2cc(-c3cnc(N4CCC(CC)(C(=O)O)CC4)nc3)cc(/C(CC)=N\OC)c2s1.